The lowest BCUT2D eigenvalue weighted by atomic mass is 10.1. The summed E-state index contributed by atoms with van der Waals surface area (Å²) in [5, 5.41) is 2.11. The minimum atomic E-state index is -0.977. The summed E-state index contributed by atoms with van der Waals surface area (Å²) in [5.74, 6) is -2.80. The number of fused-ring (bicyclic) bond motifs is 1. The largest absolute Gasteiger partial charge is 0.462 e. The number of carbonyl (C=O) groups excluding carboxylic acids is 2. The van der Waals surface area contributed by atoms with Gasteiger partial charge in [0.15, 0.2) is 23.2 Å². The molecule has 0 saturated heterocycles. The highest BCUT2D eigenvalue weighted by Crippen LogP contribution is 2.23. The van der Waals surface area contributed by atoms with Gasteiger partial charge < -0.3 is 14.5 Å². The Morgan fingerprint density at radius 1 is 1.03 bits per heavy atom. The Kier molecular flexibility index (Phi) is 7.97. The predicted molar refractivity (Wildman–Crippen MR) is 130 cm³/mol. The first-order valence-corrected chi connectivity index (χ1v) is 12.0. The predicted octanol–water partition coefficient (Wildman–Crippen LogP) is 4.97. The minimum Gasteiger partial charge on any atom is -0.462 e. The van der Waals surface area contributed by atoms with Gasteiger partial charge in [-0.05, 0) is 54.1 Å². The molecule has 0 amide bonds. The fourth-order valence-electron chi connectivity index (χ4n) is 3.55. The molecule has 36 heavy (non-hydrogen) atoms. The van der Waals surface area contributed by atoms with Gasteiger partial charge in [-0.15, -0.1) is 11.3 Å². The number of thiophene rings is 1. The number of hydrogen-bond acceptors (Lipinski definition) is 7. The summed E-state index contributed by atoms with van der Waals surface area (Å²) in [7, 11) is 0. The summed E-state index contributed by atoms with van der Waals surface area (Å²) in [6.07, 6.45) is 0.165. The van der Waals surface area contributed by atoms with Crippen LogP contribution >= 0.6 is 11.3 Å². The van der Waals surface area contributed by atoms with Gasteiger partial charge >= 0.3 is 5.97 Å². The van der Waals surface area contributed by atoms with E-state index >= 15 is 0 Å². The zero-order valence-corrected chi connectivity index (χ0v) is 20.1. The van der Waals surface area contributed by atoms with Crippen LogP contribution in [0.5, 0.6) is 0 Å². The Morgan fingerprint density at radius 3 is 2.50 bits per heavy atom. The Morgan fingerprint density at radius 2 is 1.78 bits per heavy atom. The average Bonchev–Trinajstić information content (AvgIpc) is 3.28. The highest BCUT2D eigenvalue weighted by Gasteiger charge is 2.16. The second-order valence-electron chi connectivity index (χ2n) is 7.94. The maximum absolute atomic E-state index is 13.4. The molecule has 10 heteroatoms. The van der Waals surface area contributed by atoms with E-state index in [1.54, 1.807) is 36.6 Å². The summed E-state index contributed by atoms with van der Waals surface area (Å²) < 4.78 is 37.1. The van der Waals surface area contributed by atoms with Crippen LogP contribution in [0.2, 0.25) is 0 Å². The molecule has 0 fully saturated rings. The van der Waals surface area contributed by atoms with E-state index in [0.717, 1.165) is 17.7 Å². The molecule has 2 aromatic heterocycles. The summed E-state index contributed by atoms with van der Waals surface area (Å²) in [6, 6.07) is 10.3. The van der Waals surface area contributed by atoms with Gasteiger partial charge in [0.25, 0.3) is 5.56 Å². The molecule has 0 aliphatic heterocycles. The smallest absolute Gasteiger partial charge is 0.338 e. The van der Waals surface area contributed by atoms with Crippen molar-refractivity contribution in [3.05, 3.63) is 97.9 Å². The second kappa shape index (κ2) is 11.3. The molecule has 0 aliphatic carbocycles. The number of aromatic amines is 1. The van der Waals surface area contributed by atoms with Gasteiger partial charge in [0.1, 0.15) is 4.83 Å². The van der Waals surface area contributed by atoms with Gasteiger partial charge in [-0.25, -0.2) is 18.6 Å². The maximum Gasteiger partial charge on any atom is 0.338 e. The van der Waals surface area contributed by atoms with Crippen LogP contribution in [0, 0.1) is 11.6 Å². The van der Waals surface area contributed by atoms with Gasteiger partial charge in [0, 0.05) is 12.0 Å². The van der Waals surface area contributed by atoms with Crippen molar-refractivity contribution in [2.45, 2.75) is 33.0 Å². The third kappa shape index (κ3) is 5.89. The van der Waals surface area contributed by atoms with Gasteiger partial charge in [-0.3, -0.25) is 9.59 Å². The van der Waals surface area contributed by atoms with Crippen LogP contribution < -0.4 is 5.56 Å². The fraction of sp³-hybridized carbons (Fsp3) is 0.231. The van der Waals surface area contributed by atoms with E-state index in [1.807, 2.05) is 0 Å². The van der Waals surface area contributed by atoms with Crippen LogP contribution in [0.15, 0.2) is 52.6 Å². The number of aromatic nitrogens is 2. The van der Waals surface area contributed by atoms with Crippen LogP contribution in [-0.4, -0.2) is 28.3 Å². The van der Waals surface area contributed by atoms with Crippen molar-refractivity contribution < 1.29 is 27.8 Å². The van der Waals surface area contributed by atoms with Crippen LogP contribution in [0.25, 0.3) is 10.2 Å². The van der Waals surface area contributed by atoms with E-state index in [2.05, 4.69) is 9.97 Å². The number of rotatable bonds is 10. The number of nitrogens with one attached hydrogen (secondary N) is 1. The van der Waals surface area contributed by atoms with Crippen LogP contribution in [0.1, 0.15) is 51.0 Å². The summed E-state index contributed by atoms with van der Waals surface area (Å²) in [4.78, 5) is 44.2. The minimum absolute atomic E-state index is 0.0180. The lowest BCUT2D eigenvalue weighted by Crippen LogP contribution is -2.16. The van der Waals surface area contributed by atoms with E-state index in [1.165, 1.54) is 17.4 Å². The van der Waals surface area contributed by atoms with Gasteiger partial charge in [0.2, 0.25) is 0 Å². The number of carbonyl (C=O) groups is 2. The fourth-order valence-corrected chi connectivity index (χ4v) is 4.47. The molecule has 4 rings (SSSR count). The van der Waals surface area contributed by atoms with Crippen molar-refractivity contribution >= 4 is 33.3 Å². The monoisotopic (exact) mass is 512 g/mol. The summed E-state index contributed by atoms with van der Waals surface area (Å²) in [6.45, 7) is 2.48. The number of ether oxygens (including phenoxy) is 2. The summed E-state index contributed by atoms with van der Waals surface area (Å²) in [5.41, 5.74) is 1.97. The molecule has 0 saturated carbocycles. The van der Waals surface area contributed by atoms with Crippen molar-refractivity contribution in [3.8, 4) is 0 Å². The SMILES string of the molecule is CCOC(=O)c1ccc(COCc2csc3nc(C(=O)CCc4ccc(F)c(F)c4)[nH]c(=O)c23)cc1. The van der Waals surface area contributed by atoms with Gasteiger partial charge in [0.05, 0.1) is 30.8 Å². The molecule has 2 heterocycles. The zero-order valence-electron chi connectivity index (χ0n) is 19.3. The maximum atomic E-state index is 13.4. The van der Waals surface area contributed by atoms with Crippen molar-refractivity contribution in [2.75, 3.05) is 6.61 Å². The van der Waals surface area contributed by atoms with E-state index in [9.17, 15) is 23.2 Å². The first-order valence-electron chi connectivity index (χ1n) is 11.2. The molecule has 0 spiro atoms. The normalized spacial score (nSPS) is 11.1. The zero-order chi connectivity index (χ0) is 25.7. The topological polar surface area (TPSA) is 98.3 Å². The highest BCUT2D eigenvalue weighted by atomic mass is 32.1. The van der Waals surface area contributed by atoms with Crippen molar-refractivity contribution in [1.82, 2.24) is 9.97 Å². The number of aryl methyl sites for hydroxylation is 1. The summed E-state index contributed by atoms with van der Waals surface area (Å²) >= 11 is 1.23. The molecule has 0 atom stereocenters. The lowest BCUT2D eigenvalue weighted by Gasteiger charge is -2.06. The number of hydrogen-bond donors (Lipinski definition) is 1. The molecule has 0 aliphatic rings. The third-order valence-corrected chi connectivity index (χ3v) is 6.32. The Labute approximate surface area is 208 Å². The second-order valence-corrected chi connectivity index (χ2v) is 8.80. The number of ketones is 1. The van der Waals surface area contributed by atoms with Crippen LogP contribution in [0.4, 0.5) is 8.78 Å². The number of Topliss-reactive ketones (excluding diaryl/α,β-unsaturated/α-hetero) is 1. The number of halogens is 2. The van der Waals surface area contributed by atoms with Crippen molar-refractivity contribution in [3.63, 3.8) is 0 Å². The van der Waals surface area contributed by atoms with Crippen LogP contribution in [-0.2, 0) is 29.1 Å². The molecule has 186 valence electrons. The Hall–Kier alpha value is -3.76. The Bertz CT molecular complexity index is 1460. The molecule has 0 unspecified atom stereocenters. The number of nitrogens with zero attached hydrogens (tertiary/aromatic N) is 1. The number of H-pyrrole nitrogens is 1. The van der Waals surface area contributed by atoms with E-state index in [0.29, 0.717) is 33.5 Å². The van der Waals surface area contributed by atoms with Crippen LogP contribution in [0.3, 0.4) is 0 Å². The molecule has 0 radical (unpaired) electrons. The first-order chi connectivity index (χ1) is 17.4. The lowest BCUT2D eigenvalue weighted by molar-refractivity contribution is 0.0526. The molecular formula is C26H22F2N2O5S. The average molecular weight is 513 g/mol. The number of benzene rings is 2. The molecule has 1 N–H and O–H groups in total. The molecule has 0 bridgehead atoms. The molecular weight excluding hydrogens is 490 g/mol. The van der Waals surface area contributed by atoms with Crippen molar-refractivity contribution in [1.29, 1.82) is 0 Å². The van der Waals surface area contributed by atoms with E-state index in [-0.39, 0.29) is 37.8 Å². The quantitative estimate of drug-likeness (QED) is 0.238. The first kappa shape index (κ1) is 25.3. The highest BCUT2D eigenvalue weighted by molar-refractivity contribution is 7.16. The third-order valence-electron chi connectivity index (χ3n) is 5.40. The van der Waals surface area contributed by atoms with Gasteiger partial charge in [-0.2, -0.15) is 0 Å². The van der Waals surface area contributed by atoms with E-state index in [4.69, 9.17) is 9.47 Å². The Balaban J connectivity index is 1.38. The van der Waals surface area contributed by atoms with Gasteiger partial charge in [-0.1, -0.05) is 18.2 Å². The molecule has 7 nitrogen and oxygen atoms in total. The molecule has 4 aromatic rings. The van der Waals surface area contributed by atoms with Crippen molar-refractivity contribution in [2.24, 2.45) is 0 Å². The molecule has 2 aromatic carbocycles. The standard InChI is InChI=1S/C26H22F2N2O5S/c1-2-35-26(33)17-7-3-16(4-8-17)12-34-13-18-14-36-25-22(18)24(32)29-23(30-25)21(31)10-6-15-5-9-19(27)20(28)11-15/h3-5,7-9,11,14H,2,6,10,12-13H2,1H3,(H,29,30,32). The number of esters is 1. The van der Waals surface area contributed by atoms with E-state index < -0.39 is 23.0 Å².